The number of piperidine rings is 1. The van der Waals surface area contributed by atoms with Crippen LogP contribution in [0.4, 0.5) is 13.2 Å². The molecule has 0 saturated carbocycles. The molecule has 0 spiro atoms. The second-order valence-corrected chi connectivity index (χ2v) is 7.26. The Bertz CT molecular complexity index is 945. The number of benzene rings is 1. The number of halogens is 3. The second kappa shape index (κ2) is 8.93. The van der Waals surface area contributed by atoms with Gasteiger partial charge in [-0.05, 0) is 43.1 Å². The van der Waals surface area contributed by atoms with Crippen molar-refractivity contribution < 1.29 is 22.4 Å². The highest BCUT2D eigenvalue weighted by atomic mass is 19.4. The van der Waals surface area contributed by atoms with Gasteiger partial charge in [-0.1, -0.05) is 23.4 Å². The molecule has 0 N–H and O–H groups in total. The van der Waals surface area contributed by atoms with Crippen LogP contribution in [0.1, 0.15) is 29.9 Å². The van der Waals surface area contributed by atoms with Gasteiger partial charge in [0.05, 0.1) is 24.8 Å². The standard InChI is InChI=1S/C21H21F3N4O2/c22-21(23,24)17-7-5-16(6-8-17)20-26-19(30-27-20)13-28-10-2-4-18(12-28)29-14-15-3-1-9-25-11-15/h1,3,5-9,11,18H,2,4,10,12-14H2/t18-/m1/s1. The average molecular weight is 418 g/mol. The minimum absolute atomic E-state index is 0.108. The van der Waals surface area contributed by atoms with Crippen molar-refractivity contribution in [3.05, 3.63) is 65.8 Å². The van der Waals surface area contributed by atoms with E-state index in [0.717, 1.165) is 43.6 Å². The molecule has 158 valence electrons. The van der Waals surface area contributed by atoms with E-state index < -0.39 is 11.7 Å². The van der Waals surface area contributed by atoms with E-state index in [-0.39, 0.29) is 11.9 Å². The Kier molecular flexibility index (Phi) is 6.10. The SMILES string of the molecule is FC(F)(F)c1ccc(-c2noc(CN3CCC[C@@H](OCc4cccnc4)C3)n2)cc1. The summed E-state index contributed by atoms with van der Waals surface area (Å²) in [6, 6.07) is 8.59. The summed E-state index contributed by atoms with van der Waals surface area (Å²) >= 11 is 0. The number of rotatable bonds is 6. The minimum Gasteiger partial charge on any atom is -0.372 e. The summed E-state index contributed by atoms with van der Waals surface area (Å²) in [5.74, 6) is 0.706. The van der Waals surface area contributed by atoms with Crippen LogP contribution in [0, 0.1) is 0 Å². The lowest BCUT2D eigenvalue weighted by Gasteiger charge is -2.31. The van der Waals surface area contributed by atoms with Crippen LogP contribution in [0.25, 0.3) is 11.4 Å². The van der Waals surface area contributed by atoms with Gasteiger partial charge in [0.2, 0.25) is 11.7 Å². The lowest BCUT2D eigenvalue weighted by molar-refractivity contribution is -0.137. The van der Waals surface area contributed by atoms with Gasteiger partial charge in [0.15, 0.2) is 0 Å². The lowest BCUT2D eigenvalue weighted by atomic mass is 10.1. The number of hydrogen-bond acceptors (Lipinski definition) is 6. The third-order valence-corrected chi connectivity index (χ3v) is 4.97. The van der Waals surface area contributed by atoms with Gasteiger partial charge in [-0.25, -0.2) is 0 Å². The molecule has 0 bridgehead atoms. The summed E-state index contributed by atoms with van der Waals surface area (Å²) in [6.45, 7) is 2.63. The highest BCUT2D eigenvalue weighted by molar-refractivity contribution is 5.54. The first kappa shape index (κ1) is 20.5. The molecular weight excluding hydrogens is 397 g/mol. The van der Waals surface area contributed by atoms with Gasteiger partial charge in [-0.3, -0.25) is 9.88 Å². The Labute approximate surface area is 171 Å². The minimum atomic E-state index is -4.37. The Balaban J connectivity index is 1.33. The molecule has 1 fully saturated rings. The number of hydrogen-bond donors (Lipinski definition) is 0. The zero-order valence-corrected chi connectivity index (χ0v) is 16.2. The molecule has 1 aliphatic rings. The van der Waals surface area contributed by atoms with Crippen LogP contribution >= 0.6 is 0 Å². The molecule has 0 radical (unpaired) electrons. The van der Waals surface area contributed by atoms with E-state index in [4.69, 9.17) is 9.26 Å². The monoisotopic (exact) mass is 418 g/mol. The summed E-state index contributed by atoms with van der Waals surface area (Å²) in [6.07, 6.45) is 1.24. The van der Waals surface area contributed by atoms with Crippen molar-refractivity contribution in [1.82, 2.24) is 20.0 Å². The van der Waals surface area contributed by atoms with E-state index in [2.05, 4.69) is 20.0 Å². The third-order valence-electron chi connectivity index (χ3n) is 4.97. The first-order valence-electron chi connectivity index (χ1n) is 9.70. The van der Waals surface area contributed by atoms with Crippen molar-refractivity contribution in [3.8, 4) is 11.4 Å². The molecule has 2 aromatic heterocycles. The highest BCUT2D eigenvalue weighted by Crippen LogP contribution is 2.30. The fourth-order valence-corrected chi connectivity index (χ4v) is 3.43. The summed E-state index contributed by atoms with van der Waals surface area (Å²) < 4.78 is 49.4. The molecule has 30 heavy (non-hydrogen) atoms. The number of ether oxygens (including phenoxy) is 1. The quantitative estimate of drug-likeness (QED) is 0.594. The maximum Gasteiger partial charge on any atom is 0.416 e. The first-order valence-corrected chi connectivity index (χ1v) is 9.70. The van der Waals surface area contributed by atoms with Gasteiger partial charge in [-0.2, -0.15) is 18.2 Å². The van der Waals surface area contributed by atoms with Crippen molar-refractivity contribution >= 4 is 0 Å². The Morgan fingerprint density at radius 2 is 2.00 bits per heavy atom. The van der Waals surface area contributed by atoms with Gasteiger partial charge in [0.25, 0.3) is 0 Å². The number of aromatic nitrogens is 3. The predicted octanol–water partition coefficient (Wildman–Crippen LogP) is 4.33. The van der Waals surface area contributed by atoms with Crippen LogP contribution in [-0.4, -0.2) is 39.2 Å². The van der Waals surface area contributed by atoms with E-state index in [1.807, 2.05) is 12.1 Å². The van der Waals surface area contributed by atoms with Crippen LogP contribution in [0.5, 0.6) is 0 Å². The highest BCUT2D eigenvalue weighted by Gasteiger charge is 2.30. The maximum atomic E-state index is 12.7. The fraction of sp³-hybridized carbons (Fsp3) is 0.381. The van der Waals surface area contributed by atoms with Gasteiger partial charge in [-0.15, -0.1) is 0 Å². The zero-order chi connectivity index (χ0) is 21.0. The largest absolute Gasteiger partial charge is 0.416 e. The van der Waals surface area contributed by atoms with Gasteiger partial charge < -0.3 is 9.26 Å². The Morgan fingerprint density at radius 1 is 1.17 bits per heavy atom. The van der Waals surface area contributed by atoms with E-state index in [9.17, 15) is 13.2 Å². The molecule has 4 rings (SSSR count). The molecule has 3 heterocycles. The molecule has 0 unspecified atom stereocenters. The van der Waals surface area contributed by atoms with Crippen LogP contribution in [-0.2, 0) is 24.1 Å². The smallest absolute Gasteiger partial charge is 0.372 e. The summed E-state index contributed by atoms with van der Waals surface area (Å²) in [4.78, 5) is 10.6. The van der Waals surface area contributed by atoms with Crippen LogP contribution < -0.4 is 0 Å². The molecule has 9 heteroatoms. The third kappa shape index (κ3) is 5.22. The molecule has 1 atom stereocenters. The van der Waals surface area contributed by atoms with E-state index >= 15 is 0 Å². The maximum absolute atomic E-state index is 12.7. The van der Waals surface area contributed by atoms with E-state index in [1.54, 1.807) is 12.4 Å². The van der Waals surface area contributed by atoms with Crippen molar-refractivity contribution in [2.24, 2.45) is 0 Å². The van der Waals surface area contributed by atoms with Crippen molar-refractivity contribution in [2.75, 3.05) is 13.1 Å². The number of likely N-dealkylation sites (tertiary alicyclic amines) is 1. The second-order valence-electron chi connectivity index (χ2n) is 7.26. The summed E-state index contributed by atoms with van der Waals surface area (Å²) in [5, 5.41) is 3.91. The van der Waals surface area contributed by atoms with Gasteiger partial charge >= 0.3 is 6.18 Å². The molecular formula is C21H21F3N4O2. The first-order chi connectivity index (χ1) is 14.5. The van der Waals surface area contributed by atoms with Gasteiger partial charge in [0, 0.05) is 24.5 Å². The normalized spacial score (nSPS) is 17.9. The molecule has 3 aromatic rings. The van der Waals surface area contributed by atoms with E-state index in [1.165, 1.54) is 12.1 Å². The Morgan fingerprint density at radius 3 is 2.73 bits per heavy atom. The van der Waals surface area contributed by atoms with E-state index in [0.29, 0.717) is 24.6 Å². The van der Waals surface area contributed by atoms with Crippen molar-refractivity contribution in [1.29, 1.82) is 0 Å². The average Bonchev–Trinajstić information content (AvgIpc) is 3.21. The zero-order valence-electron chi connectivity index (χ0n) is 16.2. The van der Waals surface area contributed by atoms with Crippen LogP contribution in [0.15, 0.2) is 53.3 Å². The number of nitrogens with zero attached hydrogens (tertiary/aromatic N) is 4. The summed E-state index contributed by atoms with van der Waals surface area (Å²) in [5.41, 5.74) is 0.808. The molecule has 1 saturated heterocycles. The lowest BCUT2D eigenvalue weighted by Crippen LogP contribution is -2.39. The molecule has 6 nitrogen and oxygen atoms in total. The van der Waals surface area contributed by atoms with Crippen molar-refractivity contribution in [2.45, 2.75) is 38.3 Å². The molecule has 0 amide bonds. The van der Waals surface area contributed by atoms with Gasteiger partial charge in [0.1, 0.15) is 0 Å². The number of pyridine rings is 1. The van der Waals surface area contributed by atoms with Crippen LogP contribution in [0.2, 0.25) is 0 Å². The number of alkyl halides is 3. The fourth-order valence-electron chi connectivity index (χ4n) is 3.43. The van der Waals surface area contributed by atoms with Crippen LogP contribution in [0.3, 0.4) is 0 Å². The topological polar surface area (TPSA) is 64.3 Å². The Hall–Kier alpha value is -2.78. The molecule has 1 aromatic carbocycles. The molecule has 0 aliphatic carbocycles. The molecule has 1 aliphatic heterocycles. The van der Waals surface area contributed by atoms with Crippen molar-refractivity contribution in [3.63, 3.8) is 0 Å². The predicted molar refractivity (Wildman–Crippen MR) is 102 cm³/mol. The summed E-state index contributed by atoms with van der Waals surface area (Å²) in [7, 11) is 0.